The summed E-state index contributed by atoms with van der Waals surface area (Å²) in [5, 5.41) is 7.74. The standard InChI is InChI=1S/C25H22ClN7O2/c1-33-11-20(27-12-33)23-18-10-28-32-24(34)17-8-16(9-19(30-23)21(17)18)29-25(35)22(31-26)15-6-13-4-2-3-5-14(13)7-15/h2-5,8-12,15,22,30-31H,6-7H2,1H3,(H,29,35)(H,32,34)/t22-/m1/s1. The fourth-order valence-corrected chi connectivity index (χ4v) is 5.38. The number of imidazole rings is 1. The Hall–Kier alpha value is -3.95. The van der Waals surface area contributed by atoms with E-state index < -0.39 is 6.04 Å². The minimum absolute atomic E-state index is 0.0275. The molecular weight excluding hydrogens is 466 g/mol. The Morgan fingerprint density at radius 3 is 2.69 bits per heavy atom. The summed E-state index contributed by atoms with van der Waals surface area (Å²) >= 11 is 6.05. The van der Waals surface area contributed by atoms with E-state index in [9.17, 15) is 9.59 Å². The van der Waals surface area contributed by atoms with Crippen LogP contribution < -0.4 is 15.6 Å². The first kappa shape index (κ1) is 21.6. The number of rotatable bonds is 5. The molecule has 35 heavy (non-hydrogen) atoms. The molecular formula is C25H22ClN7O2. The van der Waals surface area contributed by atoms with E-state index in [1.54, 1.807) is 18.6 Å². The molecule has 4 aromatic rings. The minimum Gasteiger partial charge on any atom is -0.353 e. The summed E-state index contributed by atoms with van der Waals surface area (Å²) in [6.07, 6.45) is 6.74. The van der Waals surface area contributed by atoms with Gasteiger partial charge in [0.05, 0.1) is 23.8 Å². The molecule has 0 radical (unpaired) electrons. The zero-order chi connectivity index (χ0) is 24.1. The number of aromatic nitrogens is 3. The lowest BCUT2D eigenvalue weighted by Gasteiger charge is -2.21. The second-order valence-corrected chi connectivity index (χ2v) is 9.21. The topological polar surface area (TPSA) is 116 Å². The quantitative estimate of drug-likeness (QED) is 0.324. The Morgan fingerprint density at radius 2 is 2.00 bits per heavy atom. The number of H-pyrrole nitrogens is 1. The molecule has 6 rings (SSSR count). The van der Waals surface area contributed by atoms with E-state index in [2.05, 4.69) is 42.8 Å². The van der Waals surface area contributed by atoms with Crippen LogP contribution in [0.4, 0.5) is 5.69 Å². The Balaban J connectivity index is 1.34. The van der Waals surface area contributed by atoms with Gasteiger partial charge >= 0.3 is 0 Å². The molecule has 3 heterocycles. The molecule has 2 amide bonds. The molecule has 10 heteroatoms. The molecule has 1 atom stereocenters. The highest BCUT2D eigenvalue weighted by Crippen LogP contribution is 2.34. The molecule has 0 unspecified atom stereocenters. The number of carbonyl (C=O) groups is 2. The molecule has 176 valence electrons. The summed E-state index contributed by atoms with van der Waals surface area (Å²) in [5.41, 5.74) is 8.83. The fourth-order valence-electron chi connectivity index (χ4n) is 5.10. The third-order valence-corrected chi connectivity index (χ3v) is 6.96. The molecule has 2 aliphatic rings. The van der Waals surface area contributed by atoms with Crippen molar-refractivity contribution in [2.75, 3.05) is 5.32 Å². The summed E-state index contributed by atoms with van der Waals surface area (Å²) in [5.74, 6) is -0.586. The van der Waals surface area contributed by atoms with E-state index in [1.165, 1.54) is 11.1 Å². The number of fused-ring (bicyclic) bond motifs is 1. The second-order valence-electron chi connectivity index (χ2n) is 9.00. The second kappa shape index (κ2) is 8.37. The Bertz CT molecular complexity index is 1490. The monoisotopic (exact) mass is 487 g/mol. The van der Waals surface area contributed by atoms with E-state index in [1.807, 2.05) is 36.0 Å². The summed E-state index contributed by atoms with van der Waals surface area (Å²) < 4.78 is 1.85. The van der Waals surface area contributed by atoms with E-state index >= 15 is 0 Å². The van der Waals surface area contributed by atoms with Crippen LogP contribution in [0.5, 0.6) is 0 Å². The van der Waals surface area contributed by atoms with Gasteiger partial charge in [0.2, 0.25) is 5.91 Å². The van der Waals surface area contributed by atoms with Gasteiger partial charge in [-0.05, 0) is 53.8 Å². The molecule has 9 nitrogen and oxygen atoms in total. The fraction of sp³-hybridized carbons (Fsp3) is 0.200. The van der Waals surface area contributed by atoms with Gasteiger partial charge < -0.3 is 14.9 Å². The number of nitrogens with zero attached hydrogens (tertiary/aromatic N) is 3. The van der Waals surface area contributed by atoms with Gasteiger partial charge in [0.25, 0.3) is 5.91 Å². The van der Waals surface area contributed by atoms with Crippen LogP contribution in [-0.2, 0) is 24.7 Å². The highest BCUT2D eigenvalue weighted by atomic mass is 35.5. The maximum atomic E-state index is 13.3. The number of aromatic amines is 1. The average molecular weight is 488 g/mol. The SMILES string of the molecule is Cn1cnc(-c2[nH]c3cc(NC(=O)[C@H](NCl)C4Cc5ccccc5C4)cc4c3c2C=NNC4=O)c1. The molecule has 0 fully saturated rings. The van der Waals surface area contributed by atoms with Crippen LogP contribution in [0.25, 0.3) is 22.3 Å². The van der Waals surface area contributed by atoms with Crippen LogP contribution >= 0.6 is 11.8 Å². The molecule has 4 N–H and O–H groups in total. The largest absolute Gasteiger partial charge is 0.353 e. The Kier molecular flexibility index (Phi) is 5.16. The zero-order valence-electron chi connectivity index (χ0n) is 18.8. The average Bonchev–Trinajstić information content (AvgIpc) is 3.52. The van der Waals surface area contributed by atoms with Gasteiger partial charge in [-0.15, -0.1) is 0 Å². The van der Waals surface area contributed by atoms with Crippen LogP contribution in [-0.4, -0.2) is 38.6 Å². The van der Waals surface area contributed by atoms with Crippen LogP contribution in [0.2, 0.25) is 0 Å². The van der Waals surface area contributed by atoms with Crippen LogP contribution in [0.15, 0.2) is 54.0 Å². The zero-order valence-corrected chi connectivity index (χ0v) is 19.6. The molecule has 0 bridgehead atoms. The number of hydrazone groups is 1. The van der Waals surface area contributed by atoms with Gasteiger partial charge in [0.15, 0.2) is 0 Å². The highest BCUT2D eigenvalue weighted by molar-refractivity contribution is 6.18. The number of carbonyl (C=O) groups excluding carboxylic acids is 2. The molecule has 0 saturated heterocycles. The van der Waals surface area contributed by atoms with Crippen LogP contribution in [0.3, 0.4) is 0 Å². The van der Waals surface area contributed by atoms with Gasteiger partial charge in [-0.2, -0.15) is 5.10 Å². The number of nitrogens with one attached hydrogen (secondary N) is 4. The molecule has 1 aliphatic carbocycles. The highest BCUT2D eigenvalue weighted by Gasteiger charge is 2.33. The normalized spacial score (nSPS) is 15.7. The first-order valence-corrected chi connectivity index (χ1v) is 11.6. The minimum atomic E-state index is -0.598. The molecule has 2 aromatic carbocycles. The van der Waals surface area contributed by atoms with Crippen molar-refractivity contribution in [3.8, 4) is 11.4 Å². The molecule has 0 spiro atoms. The predicted molar refractivity (Wildman–Crippen MR) is 134 cm³/mol. The van der Waals surface area contributed by atoms with Crippen LogP contribution in [0, 0.1) is 5.92 Å². The van der Waals surface area contributed by atoms with Crippen molar-refractivity contribution in [1.29, 1.82) is 0 Å². The Labute approximate surface area is 205 Å². The number of benzene rings is 2. The smallest absolute Gasteiger partial charge is 0.272 e. The van der Waals surface area contributed by atoms with Gasteiger partial charge in [0.1, 0.15) is 11.7 Å². The van der Waals surface area contributed by atoms with Crippen LogP contribution in [0.1, 0.15) is 27.0 Å². The van der Waals surface area contributed by atoms with E-state index in [-0.39, 0.29) is 17.7 Å². The number of anilines is 1. The van der Waals surface area contributed by atoms with Crippen molar-refractivity contribution < 1.29 is 9.59 Å². The van der Waals surface area contributed by atoms with Gasteiger partial charge in [0, 0.05) is 35.4 Å². The number of amides is 2. The van der Waals surface area contributed by atoms with Gasteiger partial charge in [-0.1, -0.05) is 24.3 Å². The third-order valence-electron chi connectivity index (χ3n) is 6.72. The molecule has 2 aromatic heterocycles. The number of halogens is 1. The van der Waals surface area contributed by atoms with Gasteiger partial charge in [-0.25, -0.2) is 15.2 Å². The summed E-state index contributed by atoms with van der Waals surface area (Å²) in [6, 6.07) is 11.1. The third kappa shape index (κ3) is 3.69. The predicted octanol–water partition coefficient (Wildman–Crippen LogP) is 3.11. The van der Waals surface area contributed by atoms with Crippen molar-refractivity contribution in [2.24, 2.45) is 18.1 Å². The van der Waals surface area contributed by atoms with E-state index in [0.29, 0.717) is 16.8 Å². The maximum Gasteiger partial charge on any atom is 0.272 e. The number of aryl methyl sites for hydroxylation is 1. The van der Waals surface area contributed by atoms with Crippen molar-refractivity contribution in [3.63, 3.8) is 0 Å². The van der Waals surface area contributed by atoms with Crippen molar-refractivity contribution in [1.82, 2.24) is 24.8 Å². The lowest BCUT2D eigenvalue weighted by atomic mass is 9.96. The van der Waals surface area contributed by atoms with Crippen molar-refractivity contribution >= 4 is 46.4 Å². The molecule has 1 aliphatic heterocycles. The first-order chi connectivity index (χ1) is 17.0. The summed E-state index contributed by atoms with van der Waals surface area (Å²) in [6.45, 7) is 0. The van der Waals surface area contributed by atoms with Crippen molar-refractivity contribution in [3.05, 3.63) is 71.2 Å². The van der Waals surface area contributed by atoms with Gasteiger partial charge in [-0.3, -0.25) is 9.59 Å². The van der Waals surface area contributed by atoms with Crippen molar-refractivity contribution in [2.45, 2.75) is 18.9 Å². The molecule has 0 saturated carbocycles. The number of hydrogen-bond donors (Lipinski definition) is 4. The number of hydrogen-bond acceptors (Lipinski definition) is 5. The Morgan fingerprint density at radius 1 is 1.23 bits per heavy atom. The lowest BCUT2D eigenvalue weighted by Crippen LogP contribution is -2.42. The summed E-state index contributed by atoms with van der Waals surface area (Å²) in [4.78, 5) is 36.5. The first-order valence-electron chi connectivity index (χ1n) is 11.3. The maximum absolute atomic E-state index is 13.3. The summed E-state index contributed by atoms with van der Waals surface area (Å²) in [7, 11) is 1.89. The van der Waals surface area contributed by atoms with E-state index in [4.69, 9.17) is 11.8 Å². The van der Waals surface area contributed by atoms with E-state index in [0.717, 1.165) is 35.2 Å². The lowest BCUT2D eigenvalue weighted by molar-refractivity contribution is -0.118.